The molecule has 1 aliphatic rings. The van der Waals surface area contributed by atoms with Gasteiger partial charge in [-0.05, 0) is 38.3 Å². The van der Waals surface area contributed by atoms with Gasteiger partial charge in [0, 0.05) is 44.0 Å². The summed E-state index contributed by atoms with van der Waals surface area (Å²) >= 11 is 0. The second kappa shape index (κ2) is 7.76. The molecule has 0 spiro atoms. The van der Waals surface area contributed by atoms with Gasteiger partial charge in [0.15, 0.2) is 0 Å². The summed E-state index contributed by atoms with van der Waals surface area (Å²) < 4.78 is 1.81. The summed E-state index contributed by atoms with van der Waals surface area (Å²) in [7, 11) is 0. The Morgan fingerprint density at radius 2 is 2.14 bits per heavy atom. The maximum Gasteiger partial charge on any atom is 0.250 e. The Bertz CT molecular complexity index is 483. The van der Waals surface area contributed by atoms with Gasteiger partial charge in [-0.3, -0.25) is 9.69 Å². The lowest BCUT2D eigenvalue weighted by atomic mass is 10.0. The molecule has 118 valence electrons. The number of nitrogens with zero attached hydrogens (tertiary/aromatic N) is 2. The van der Waals surface area contributed by atoms with E-state index in [1.807, 2.05) is 16.8 Å². The van der Waals surface area contributed by atoms with Crippen LogP contribution in [0.1, 0.15) is 33.6 Å². The molecule has 21 heavy (non-hydrogen) atoms. The van der Waals surface area contributed by atoms with Crippen molar-refractivity contribution in [2.45, 2.75) is 52.2 Å². The molecule has 1 N–H and O–H groups in total. The van der Waals surface area contributed by atoms with Gasteiger partial charge in [0.05, 0.1) is 0 Å². The lowest BCUT2D eigenvalue weighted by molar-refractivity contribution is 0.190. The van der Waals surface area contributed by atoms with Gasteiger partial charge in [0.25, 0.3) is 5.56 Å². The molecule has 4 heteroatoms. The molecule has 1 saturated heterocycles. The van der Waals surface area contributed by atoms with Crippen molar-refractivity contribution in [2.24, 2.45) is 5.92 Å². The van der Waals surface area contributed by atoms with Crippen LogP contribution in [0.15, 0.2) is 29.2 Å². The fourth-order valence-electron chi connectivity index (χ4n) is 3.13. The second-order valence-electron chi connectivity index (χ2n) is 6.65. The van der Waals surface area contributed by atoms with Crippen LogP contribution in [0.5, 0.6) is 0 Å². The highest BCUT2D eigenvalue weighted by Gasteiger charge is 2.23. The molecule has 0 amide bonds. The van der Waals surface area contributed by atoms with E-state index in [4.69, 9.17) is 0 Å². The molecule has 1 fully saturated rings. The minimum atomic E-state index is 0.0943. The molecule has 1 aromatic heterocycles. The number of pyridine rings is 1. The van der Waals surface area contributed by atoms with E-state index >= 15 is 0 Å². The van der Waals surface area contributed by atoms with E-state index in [9.17, 15) is 4.79 Å². The standard InChI is InChI=1S/C17H29N3O/c1-14(2)12-16-13-20(15(3)7-8-18-16)11-10-19-9-5-4-6-17(19)21/h4-6,9,14-16,18H,7-8,10-13H2,1-3H3. The van der Waals surface area contributed by atoms with Crippen LogP contribution in [0.4, 0.5) is 0 Å². The van der Waals surface area contributed by atoms with Gasteiger partial charge in [-0.15, -0.1) is 0 Å². The molecule has 0 saturated carbocycles. The zero-order valence-electron chi connectivity index (χ0n) is 13.6. The van der Waals surface area contributed by atoms with Crippen LogP contribution in [-0.4, -0.2) is 41.2 Å². The minimum Gasteiger partial charge on any atom is -0.314 e. The molecule has 2 unspecified atom stereocenters. The minimum absolute atomic E-state index is 0.0943. The van der Waals surface area contributed by atoms with E-state index in [1.54, 1.807) is 12.1 Å². The largest absolute Gasteiger partial charge is 0.314 e. The van der Waals surface area contributed by atoms with Crippen molar-refractivity contribution in [3.63, 3.8) is 0 Å². The number of hydrogen-bond acceptors (Lipinski definition) is 3. The monoisotopic (exact) mass is 291 g/mol. The molecule has 0 aromatic carbocycles. The Kier molecular flexibility index (Phi) is 6.00. The predicted molar refractivity (Wildman–Crippen MR) is 87.6 cm³/mol. The third-order valence-corrected chi connectivity index (χ3v) is 4.36. The number of aromatic nitrogens is 1. The van der Waals surface area contributed by atoms with Crippen LogP contribution in [-0.2, 0) is 6.54 Å². The smallest absolute Gasteiger partial charge is 0.250 e. The van der Waals surface area contributed by atoms with E-state index in [1.165, 1.54) is 12.8 Å². The van der Waals surface area contributed by atoms with Crippen molar-refractivity contribution in [3.05, 3.63) is 34.7 Å². The van der Waals surface area contributed by atoms with Crippen LogP contribution in [0.2, 0.25) is 0 Å². The van der Waals surface area contributed by atoms with E-state index in [0.29, 0.717) is 12.1 Å². The van der Waals surface area contributed by atoms with E-state index < -0.39 is 0 Å². The lowest BCUT2D eigenvalue weighted by Gasteiger charge is -2.29. The average molecular weight is 291 g/mol. The van der Waals surface area contributed by atoms with Crippen LogP contribution >= 0.6 is 0 Å². The molecule has 0 aliphatic carbocycles. The lowest BCUT2D eigenvalue weighted by Crippen LogP contribution is -2.42. The molecular formula is C17H29N3O. The molecule has 2 rings (SSSR count). The number of rotatable bonds is 5. The van der Waals surface area contributed by atoms with Crippen molar-refractivity contribution >= 4 is 0 Å². The van der Waals surface area contributed by atoms with Crippen molar-refractivity contribution < 1.29 is 0 Å². The van der Waals surface area contributed by atoms with Crippen molar-refractivity contribution in [2.75, 3.05) is 19.6 Å². The fraction of sp³-hybridized carbons (Fsp3) is 0.706. The van der Waals surface area contributed by atoms with Crippen molar-refractivity contribution in [1.29, 1.82) is 0 Å². The number of hydrogen-bond donors (Lipinski definition) is 1. The van der Waals surface area contributed by atoms with E-state index in [2.05, 4.69) is 31.0 Å². The molecule has 4 nitrogen and oxygen atoms in total. The van der Waals surface area contributed by atoms with Gasteiger partial charge < -0.3 is 9.88 Å². The topological polar surface area (TPSA) is 37.3 Å². The summed E-state index contributed by atoms with van der Waals surface area (Å²) in [6.45, 7) is 10.8. The third-order valence-electron chi connectivity index (χ3n) is 4.36. The first kappa shape index (κ1) is 16.2. The first-order valence-electron chi connectivity index (χ1n) is 8.19. The number of nitrogens with one attached hydrogen (secondary N) is 1. The summed E-state index contributed by atoms with van der Waals surface area (Å²) in [4.78, 5) is 14.3. The Hall–Kier alpha value is -1.13. The van der Waals surface area contributed by atoms with Gasteiger partial charge in [-0.1, -0.05) is 19.9 Å². The van der Waals surface area contributed by atoms with E-state index in [-0.39, 0.29) is 5.56 Å². The maximum atomic E-state index is 11.8. The van der Waals surface area contributed by atoms with Crippen LogP contribution in [0, 0.1) is 5.92 Å². The Morgan fingerprint density at radius 1 is 1.33 bits per heavy atom. The first-order valence-corrected chi connectivity index (χ1v) is 8.19. The molecule has 2 heterocycles. The van der Waals surface area contributed by atoms with Gasteiger partial charge >= 0.3 is 0 Å². The van der Waals surface area contributed by atoms with Gasteiger partial charge in [-0.25, -0.2) is 0 Å². The quantitative estimate of drug-likeness (QED) is 0.901. The summed E-state index contributed by atoms with van der Waals surface area (Å²) in [6, 6.07) is 6.51. The third kappa shape index (κ3) is 4.97. The zero-order valence-corrected chi connectivity index (χ0v) is 13.6. The predicted octanol–water partition coefficient (Wildman–Crippen LogP) is 1.95. The van der Waals surface area contributed by atoms with E-state index in [0.717, 1.165) is 32.1 Å². The highest BCUT2D eigenvalue weighted by molar-refractivity contribution is 4.93. The highest BCUT2D eigenvalue weighted by Crippen LogP contribution is 2.13. The van der Waals surface area contributed by atoms with Crippen LogP contribution < -0.4 is 10.9 Å². The van der Waals surface area contributed by atoms with Gasteiger partial charge in [-0.2, -0.15) is 0 Å². The zero-order chi connectivity index (χ0) is 15.2. The summed E-state index contributed by atoms with van der Waals surface area (Å²) in [5, 5.41) is 3.67. The summed E-state index contributed by atoms with van der Waals surface area (Å²) in [5.41, 5.74) is 0.0943. The van der Waals surface area contributed by atoms with Crippen molar-refractivity contribution in [3.8, 4) is 0 Å². The molecular weight excluding hydrogens is 262 g/mol. The summed E-state index contributed by atoms with van der Waals surface area (Å²) in [6.07, 6.45) is 4.28. The Morgan fingerprint density at radius 3 is 2.86 bits per heavy atom. The molecule has 1 aromatic rings. The van der Waals surface area contributed by atoms with Crippen LogP contribution in [0.25, 0.3) is 0 Å². The molecule has 0 radical (unpaired) electrons. The Balaban J connectivity index is 1.95. The summed E-state index contributed by atoms with van der Waals surface area (Å²) in [5.74, 6) is 0.717. The first-order chi connectivity index (χ1) is 10.1. The second-order valence-corrected chi connectivity index (χ2v) is 6.65. The van der Waals surface area contributed by atoms with Crippen LogP contribution in [0.3, 0.4) is 0 Å². The van der Waals surface area contributed by atoms with Crippen molar-refractivity contribution in [1.82, 2.24) is 14.8 Å². The van der Waals surface area contributed by atoms with Gasteiger partial charge in [0.1, 0.15) is 0 Å². The highest BCUT2D eigenvalue weighted by atomic mass is 16.1. The molecule has 2 atom stereocenters. The average Bonchev–Trinajstić information content (AvgIpc) is 2.59. The Labute approximate surface area is 128 Å². The normalized spacial score (nSPS) is 24.2. The molecule has 0 bridgehead atoms. The van der Waals surface area contributed by atoms with Gasteiger partial charge in [0.2, 0.25) is 0 Å². The fourth-order valence-corrected chi connectivity index (χ4v) is 3.13. The SMILES string of the molecule is CC(C)CC1CN(CCn2ccccc2=O)C(C)CCN1. The molecule has 1 aliphatic heterocycles. The maximum absolute atomic E-state index is 11.8.